The molecule has 3 aromatic rings. The smallest absolute Gasteiger partial charge is 0.127 e. The third-order valence-corrected chi connectivity index (χ3v) is 4.02. The summed E-state index contributed by atoms with van der Waals surface area (Å²) < 4.78 is 5.96. The lowest BCUT2D eigenvalue weighted by Crippen LogP contribution is -1.99. The van der Waals surface area contributed by atoms with Crippen LogP contribution in [0.25, 0.3) is 16.3 Å². The normalized spacial score (nSPS) is 14.3. The lowest BCUT2D eigenvalue weighted by Gasteiger charge is -2.15. The van der Waals surface area contributed by atoms with Gasteiger partial charge in [-0.05, 0) is 65.1 Å². The van der Waals surface area contributed by atoms with Crippen LogP contribution in [-0.2, 0) is 0 Å². The lowest BCUT2D eigenvalue weighted by atomic mass is 9.95. The number of ether oxygens (including phenoxy) is 1. The first-order chi connectivity index (χ1) is 11.4. The fourth-order valence-electron chi connectivity index (χ4n) is 2.84. The highest BCUT2D eigenvalue weighted by atomic mass is 16.5. The third kappa shape index (κ3) is 3.04. The first-order valence-corrected chi connectivity index (χ1v) is 7.86. The summed E-state index contributed by atoms with van der Waals surface area (Å²) in [6, 6.07) is 24.9. The average Bonchev–Trinajstić information content (AvgIpc) is 2.62. The van der Waals surface area contributed by atoms with Crippen molar-refractivity contribution in [2.24, 2.45) is 0 Å². The van der Waals surface area contributed by atoms with Gasteiger partial charge in [0.15, 0.2) is 0 Å². The van der Waals surface area contributed by atoms with Gasteiger partial charge in [-0.3, -0.25) is 0 Å². The molecule has 111 valence electrons. The molecule has 0 aliphatic heterocycles. The zero-order chi connectivity index (χ0) is 15.5. The van der Waals surface area contributed by atoms with Crippen LogP contribution in [0.15, 0.2) is 90.7 Å². The van der Waals surface area contributed by atoms with E-state index in [4.69, 9.17) is 4.74 Å². The largest absolute Gasteiger partial charge is 0.458 e. The molecule has 0 aromatic heterocycles. The van der Waals surface area contributed by atoms with E-state index in [0.717, 1.165) is 17.9 Å². The van der Waals surface area contributed by atoms with Crippen molar-refractivity contribution in [1.29, 1.82) is 0 Å². The SMILES string of the molecule is [CH]1CC=C(Oc2ccccc2)C=C1c1ccc2ccccc2c1. The van der Waals surface area contributed by atoms with E-state index in [1.807, 2.05) is 30.3 Å². The van der Waals surface area contributed by atoms with Crippen LogP contribution in [0.4, 0.5) is 0 Å². The van der Waals surface area contributed by atoms with E-state index in [2.05, 4.69) is 61.0 Å². The Morgan fingerprint density at radius 3 is 2.39 bits per heavy atom. The minimum atomic E-state index is 0.870. The van der Waals surface area contributed by atoms with Gasteiger partial charge in [-0.2, -0.15) is 0 Å². The Morgan fingerprint density at radius 2 is 1.52 bits per heavy atom. The van der Waals surface area contributed by atoms with Crippen LogP contribution in [0.5, 0.6) is 5.75 Å². The Kier molecular flexibility index (Phi) is 3.69. The van der Waals surface area contributed by atoms with Crippen LogP contribution < -0.4 is 4.74 Å². The van der Waals surface area contributed by atoms with E-state index in [-0.39, 0.29) is 0 Å². The van der Waals surface area contributed by atoms with Gasteiger partial charge < -0.3 is 4.74 Å². The van der Waals surface area contributed by atoms with Crippen molar-refractivity contribution < 1.29 is 4.74 Å². The summed E-state index contributed by atoms with van der Waals surface area (Å²) in [5.74, 6) is 1.77. The quantitative estimate of drug-likeness (QED) is 0.594. The first-order valence-electron chi connectivity index (χ1n) is 7.86. The first kappa shape index (κ1) is 13.8. The van der Waals surface area contributed by atoms with Crippen molar-refractivity contribution in [1.82, 2.24) is 0 Å². The van der Waals surface area contributed by atoms with Gasteiger partial charge in [-0.15, -0.1) is 0 Å². The molecule has 0 spiro atoms. The third-order valence-electron chi connectivity index (χ3n) is 4.02. The van der Waals surface area contributed by atoms with Gasteiger partial charge in [0.1, 0.15) is 11.5 Å². The number of para-hydroxylation sites is 1. The summed E-state index contributed by atoms with van der Waals surface area (Å²) in [5, 5.41) is 2.53. The van der Waals surface area contributed by atoms with Gasteiger partial charge in [0.2, 0.25) is 0 Å². The van der Waals surface area contributed by atoms with E-state index < -0.39 is 0 Å². The maximum atomic E-state index is 5.96. The minimum Gasteiger partial charge on any atom is -0.458 e. The molecule has 0 saturated carbocycles. The highest BCUT2D eigenvalue weighted by molar-refractivity contribution is 5.88. The maximum absolute atomic E-state index is 5.96. The molecule has 1 aliphatic rings. The predicted octanol–water partition coefficient (Wildman–Crippen LogP) is 5.79. The van der Waals surface area contributed by atoms with Gasteiger partial charge in [0.05, 0.1) is 0 Å². The number of benzene rings is 3. The van der Waals surface area contributed by atoms with Crippen LogP contribution in [-0.4, -0.2) is 0 Å². The van der Waals surface area contributed by atoms with Gasteiger partial charge in [0.25, 0.3) is 0 Å². The summed E-state index contributed by atoms with van der Waals surface area (Å²) in [6.45, 7) is 0. The molecular formula is C22H17O. The van der Waals surface area contributed by atoms with Crippen LogP contribution >= 0.6 is 0 Å². The number of hydrogen-bond donors (Lipinski definition) is 0. The predicted molar refractivity (Wildman–Crippen MR) is 96.0 cm³/mol. The van der Waals surface area contributed by atoms with Crippen molar-refractivity contribution in [3.05, 3.63) is 103 Å². The zero-order valence-corrected chi connectivity index (χ0v) is 12.8. The Bertz CT molecular complexity index is 888. The van der Waals surface area contributed by atoms with E-state index in [1.54, 1.807) is 0 Å². The second-order valence-corrected chi connectivity index (χ2v) is 5.62. The van der Waals surface area contributed by atoms with Crippen molar-refractivity contribution in [2.75, 3.05) is 0 Å². The molecule has 0 bridgehead atoms. The Hall–Kier alpha value is -2.80. The monoisotopic (exact) mass is 297 g/mol. The van der Waals surface area contributed by atoms with Crippen molar-refractivity contribution in [3.63, 3.8) is 0 Å². The number of rotatable bonds is 3. The molecule has 23 heavy (non-hydrogen) atoms. The van der Waals surface area contributed by atoms with Crippen molar-refractivity contribution >= 4 is 16.3 Å². The summed E-state index contributed by atoms with van der Waals surface area (Å²) in [4.78, 5) is 0. The molecule has 0 heterocycles. The summed E-state index contributed by atoms with van der Waals surface area (Å²) >= 11 is 0. The second kappa shape index (κ2) is 6.13. The minimum absolute atomic E-state index is 0.870. The molecule has 1 heteroatoms. The average molecular weight is 297 g/mol. The van der Waals surface area contributed by atoms with Crippen LogP contribution in [0.1, 0.15) is 12.0 Å². The van der Waals surface area contributed by atoms with Gasteiger partial charge in [0, 0.05) is 0 Å². The number of fused-ring (bicyclic) bond motifs is 1. The van der Waals surface area contributed by atoms with Crippen LogP contribution in [0, 0.1) is 6.42 Å². The fraction of sp³-hybridized carbons (Fsp3) is 0.0455. The molecular weight excluding hydrogens is 280 g/mol. The molecule has 0 amide bonds. The molecule has 3 aromatic carbocycles. The van der Waals surface area contributed by atoms with Gasteiger partial charge >= 0.3 is 0 Å². The number of allylic oxidation sites excluding steroid dienone is 3. The van der Waals surface area contributed by atoms with E-state index >= 15 is 0 Å². The topological polar surface area (TPSA) is 9.23 Å². The van der Waals surface area contributed by atoms with E-state index in [0.29, 0.717) is 0 Å². The van der Waals surface area contributed by atoms with Crippen molar-refractivity contribution in [2.45, 2.75) is 6.42 Å². The molecule has 0 N–H and O–H groups in total. The van der Waals surface area contributed by atoms with E-state index in [1.165, 1.54) is 21.9 Å². The van der Waals surface area contributed by atoms with Crippen LogP contribution in [0.3, 0.4) is 0 Å². The molecule has 0 unspecified atom stereocenters. The Labute approximate surface area is 136 Å². The van der Waals surface area contributed by atoms with E-state index in [9.17, 15) is 0 Å². The van der Waals surface area contributed by atoms with Gasteiger partial charge in [-0.25, -0.2) is 0 Å². The zero-order valence-electron chi connectivity index (χ0n) is 12.8. The maximum Gasteiger partial charge on any atom is 0.127 e. The summed E-state index contributed by atoms with van der Waals surface area (Å²) in [7, 11) is 0. The number of hydrogen-bond acceptors (Lipinski definition) is 1. The Morgan fingerprint density at radius 1 is 0.739 bits per heavy atom. The molecule has 1 aliphatic carbocycles. The standard InChI is InChI=1S/C22H17O/c1-2-10-21(11-3-1)23-22-12-6-9-19(16-22)20-14-13-17-7-4-5-8-18(17)15-20/h1-5,7-16H,6H2. The highest BCUT2D eigenvalue weighted by Crippen LogP contribution is 2.29. The molecule has 4 rings (SSSR count). The summed E-state index contributed by atoms with van der Waals surface area (Å²) in [6.07, 6.45) is 7.35. The van der Waals surface area contributed by atoms with Gasteiger partial charge in [-0.1, -0.05) is 54.6 Å². The Balaban J connectivity index is 1.63. The molecule has 1 nitrogen and oxygen atoms in total. The summed E-state index contributed by atoms with van der Waals surface area (Å²) in [5.41, 5.74) is 2.44. The highest BCUT2D eigenvalue weighted by Gasteiger charge is 2.10. The van der Waals surface area contributed by atoms with Crippen LogP contribution in [0.2, 0.25) is 0 Å². The lowest BCUT2D eigenvalue weighted by molar-refractivity contribution is 0.441. The molecule has 0 saturated heterocycles. The fourth-order valence-corrected chi connectivity index (χ4v) is 2.84. The van der Waals surface area contributed by atoms with Crippen molar-refractivity contribution in [3.8, 4) is 5.75 Å². The second-order valence-electron chi connectivity index (χ2n) is 5.62. The molecule has 1 radical (unpaired) electrons. The molecule has 0 fully saturated rings. The molecule has 0 atom stereocenters.